The average Bonchev–Trinajstić information content (AvgIpc) is 2.71. The van der Waals surface area contributed by atoms with Gasteiger partial charge >= 0.3 is 6.18 Å². The van der Waals surface area contributed by atoms with E-state index in [-0.39, 0.29) is 0 Å². The van der Waals surface area contributed by atoms with E-state index in [1.54, 1.807) is 0 Å². The molecule has 2 aromatic carbocycles. The van der Waals surface area contributed by atoms with E-state index >= 15 is 0 Å². The van der Waals surface area contributed by atoms with Gasteiger partial charge in [0, 0.05) is 6.20 Å². The molecule has 1 nitrogen and oxygen atoms in total. The van der Waals surface area contributed by atoms with Crippen LogP contribution in [0.3, 0.4) is 0 Å². The molecule has 0 radical (unpaired) electrons. The van der Waals surface area contributed by atoms with Crippen molar-refractivity contribution >= 4 is 0 Å². The van der Waals surface area contributed by atoms with Crippen LogP contribution in [0.4, 0.5) is 13.2 Å². The SMILES string of the molecule is CCCCc1ccc(-c2ccc(CCc3ccc(C(F)(F)F)nc3)cc2)cc1. The van der Waals surface area contributed by atoms with Crippen molar-refractivity contribution in [3.8, 4) is 11.1 Å². The summed E-state index contributed by atoms with van der Waals surface area (Å²) in [6.45, 7) is 2.20. The fourth-order valence-electron chi connectivity index (χ4n) is 3.14. The second kappa shape index (κ2) is 9.05. The Morgan fingerprint density at radius 2 is 1.18 bits per heavy atom. The number of nitrogens with zero attached hydrogens (tertiary/aromatic N) is 1. The molecule has 1 heterocycles. The molecule has 0 bridgehead atoms. The summed E-state index contributed by atoms with van der Waals surface area (Å²) in [6, 6.07) is 19.6. The number of hydrogen-bond donors (Lipinski definition) is 0. The summed E-state index contributed by atoms with van der Waals surface area (Å²) in [5.41, 5.74) is 4.84. The highest BCUT2D eigenvalue weighted by Crippen LogP contribution is 2.27. The van der Waals surface area contributed by atoms with Crippen molar-refractivity contribution in [2.24, 2.45) is 0 Å². The first-order chi connectivity index (χ1) is 13.5. The van der Waals surface area contributed by atoms with Gasteiger partial charge in [-0.05, 0) is 59.6 Å². The Hall–Kier alpha value is -2.62. The van der Waals surface area contributed by atoms with Crippen molar-refractivity contribution in [3.05, 3.63) is 89.2 Å². The molecule has 0 aliphatic rings. The van der Waals surface area contributed by atoms with E-state index in [1.165, 1.54) is 41.8 Å². The Bertz CT molecular complexity index is 864. The molecule has 0 aliphatic carbocycles. The molecular formula is C24H24F3N. The minimum Gasteiger partial charge on any atom is -0.252 e. The lowest BCUT2D eigenvalue weighted by molar-refractivity contribution is -0.141. The number of aromatic nitrogens is 1. The molecular weight excluding hydrogens is 359 g/mol. The molecule has 0 aliphatic heterocycles. The summed E-state index contributed by atoms with van der Waals surface area (Å²) < 4.78 is 37.7. The van der Waals surface area contributed by atoms with Gasteiger partial charge in [-0.25, -0.2) is 0 Å². The summed E-state index contributed by atoms with van der Waals surface area (Å²) >= 11 is 0. The third kappa shape index (κ3) is 5.44. The summed E-state index contributed by atoms with van der Waals surface area (Å²) in [5, 5.41) is 0. The van der Waals surface area contributed by atoms with Crippen LogP contribution in [-0.2, 0) is 25.4 Å². The molecule has 0 unspecified atom stereocenters. The normalized spacial score (nSPS) is 11.6. The van der Waals surface area contributed by atoms with Gasteiger partial charge in [0.2, 0.25) is 0 Å². The fourth-order valence-corrected chi connectivity index (χ4v) is 3.14. The van der Waals surface area contributed by atoms with Crippen LogP contribution >= 0.6 is 0 Å². The van der Waals surface area contributed by atoms with Crippen molar-refractivity contribution in [1.82, 2.24) is 4.98 Å². The average molecular weight is 383 g/mol. The lowest BCUT2D eigenvalue weighted by Crippen LogP contribution is -2.07. The highest BCUT2D eigenvalue weighted by atomic mass is 19.4. The number of hydrogen-bond acceptors (Lipinski definition) is 1. The highest BCUT2D eigenvalue weighted by Gasteiger charge is 2.31. The molecule has 28 heavy (non-hydrogen) atoms. The molecule has 0 saturated heterocycles. The van der Waals surface area contributed by atoms with Crippen molar-refractivity contribution in [1.29, 1.82) is 0 Å². The number of alkyl halides is 3. The van der Waals surface area contributed by atoms with Crippen molar-refractivity contribution in [2.45, 2.75) is 45.2 Å². The van der Waals surface area contributed by atoms with E-state index in [4.69, 9.17) is 0 Å². The van der Waals surface area contributed by atoms with Crippen LogP contribution in [-0.4, -0.2) is 4.98 Å². The molecule has 0 spiro atoms. The highest BCUT2D eigenvalue weighted by molar-refractivity contribution is 5.64. The zero-order chi connectivity index (χ0) is 20.0. The van der Waals surface area contributed by atoms with Crippen LogP contribution in [0.5, 0.6) is 0 Å². The molecule has 146 valence electrons. The monoisotopic (exact) mass is 383 g/mol. The number of halogens is 3. The third-order valence-electron chi connectivity index (χ3n) is 4.88. The van der Waals surface area contributed by atoms with Gasteiger partial charge in [0.05, 0.1) is 0 Å². The van der Waals surface area contributed by atoms with E-state index < -0.39 is 11.9 Å². The van der Waals surface area contributed by atoms with Crippen LogP contribution < -0.4 is 0 Å². The topological polar surface area (TPSA) is 12.9 Å². The van der Waals surface area contributed by atoms with E-state index in [0.717, 1.165) is 30.0 Å². The predicted molar refractivity (Wildman–Crippen MR) is 107 cm³/mol. The van der Waals surface area contributed by atoms with E-state index in [9.17, 15) is 13.2 Å². The molecule has 0 atom stereocenters. The van der Waals surface area contributed by atoms with Crippen molar-refractivity contribution < 1.29 is 13.2 Å². The molecule has 0 saturated carbocycles. The maximum Gasteiger partial charge on any atom is 0.433 e. The van der Waals surface area contributed by atoms with Crippen LogP contribution in [0.15, 0.2) is 66.9 Å². The van der Waals surface area contributed by atoms with Gasteiger partial charge in [0.1, 0.15) is 5.69 Å². The first-order valence-electron chi connectivity index (χ1n) is 9.66. The number of rotatable bonds is 7. The molecule has 3 aromatic rings. The van der Waals surface area contributed by atoms with Crippen molar-refractivity contribution in [2.75, 3.05) is 0 Å². The third-order valence-corrected chi connectivity index (χ3v) is 4.88. The van der Waals surface area contributed by atoms with Gasteiger partial charge < -0.3 is 0 Å². The Morgan fingerprint density at radius 1 is 0.679 bits per heavy atom. The van der Waals surface area contributed by atoms with Gasteiger partial charge in [-0.3, -0.25) is 4.98 Å². The first kappa shape index (κ1) is 20.1. The Labute approximate surface area is 164 Å². The van der Waals surface area contributed by atoms with E-state index in [1.807, 2.05) is 0 Å². The zero-order valence-corrected chi connectivity index (χ0v) is 16.0. The molecule has 0 fully saturated rings. The molecule has 0 N–H and O–H groups in total. The summed E-state index contributed by atoms with van der Waals surface area (Å²) in [4.78, 5) is 3.52. The van der Waals surface area contributed by atoms with Gasteiger partial charge in [0.15, 0.2) is 0 Å². The zero-order valence-electron chi connectivity index (χ0n) is 16.0. The smallest absolute Gasteiger partial charge is 0.252 e. The van der Waals surface area contributed by atoms with E-state index in [0.29, 0.717) is 6.42 Å². The van der Waals surface area contributed by atoms with Gasteiger partial charge in [-0.1, -0.05) is 67.9 Å². The minimum absolute atomic E-state index is 0.663. The van der Waals surface area contributed by atoms with Gasteiger partial charge in [0.25, 0.3) is 0 Å². The summed E-state index contributed by atoms with van der Waals surface area (Å²) in [6.07, 6.45) is 1.89. The first-order valence-corrected chi connectivity index (χ1v) is 9.66. The quantitative estimate of drug-likeness (QED) is 0.433. The number of unbranched alkanes of at least 4 members (excludes halogenated alkanes) is 1. The van der Waals surface area contributed by atoms with Crippen LogP contribution in [0.25, 0.3) is 11.1 Å². The van der Waals surface area contributed by atoms with Crippen molar-refractivity contribution in [3.63, 3.8) is 0 Å². The summed E-state index contributed by atoms with van der Waals surface area (Å²) in [5.74, 6) is 0. The maximum atomic E-state index is 12.6. The largest absolute Gasteiger partial charge is 0.433 e. The lowest BCUT2D eigenvalue weighted by atomic mass is 9.99. The Morgan fingerprint density at radius 3 is 1.64 bits per heavy atom. The Balaban J connectivity index is 1.58. The Kier molecular flexibility index (Phi) is 6.50. The van der Waals surface area contributed by atoms with Crippen LogP contribution in [0.2, 0.25) is 0 Å². The summed E-state index contributed by atoms with van der Waals surface area (Å²) in [7, 11) is 0. The fraction of sp³-hybridized carbons (Fsp3) is 0.292. The van der Waals surface area contributed by atoms with Crippen LogP contribution in [0.1, 0.15) is 42.1 Å². The molecule has 3 rings (SSSR count). The second-order valence-corrected chi connectivity index (χ2v) is 7.05. The molecule has 4 heteroatoms. The van der Waals surface area contributed by atoms with Crippen LogP contribution in [0, 0.1) is 0 Å². The molecule has 0 amide bonds. The standard InChI is InChI=1S/C24H24F3N/c1-2-3-4-18-7-12-21(13-8-18)22-14-9-19(10-15-22)5-6-20-11-16-23(28-17-20)24(25,26)27/h7-17H,2-6H2,1H3. The minimum atomic E-state index is -4.39. The lowest BCUT2D eigenvalue weighted by Gasteiger charge is -2.08. The number of pyridine rings is 1. The van der Waals surface area contributed by atoms with Gasteiger partial charge in [-0.2, -0.15) is 13.2 Å². The number of benzene rings is 2. The van der Waals surface area contributed by atoms with Gasteiger partial charge in [-0.15, -0.1) is 0 Å². The predicted octanol–water partition coefficient (Wildman–Crippen LogP) is 6.90. The molecule has 1 aromatic heterocycles. The second-order valence-electron chi connectivity index (χ2n) is 7.05. The number of aryl methyl sites for hydroxylation is 3. The van der Waals surface area contributed by atoms with E-state index in [2.05, 4.69) is 60.4 Å². The maximum absolute atomic E-state index is 12.6.